The molecule has 0 aromatic rings. The summed E-state index contributed by atoms with van der Waals surface area (Å²) in [6, 6.07) is 1.53. The molecule has 0 bridgehead atoms. The first-order valence-corrected chi connectivity index (χ1v) is 5.45. The summed E-state index contributed by atoms with van der Waals surface area (Å²) in [4.78, 5) is 2.64. The number of nitrogens with two attached hydrogens (primary N) is 1. The van der Waals surface area contributed by atoms with Crippen LogP contribution in [0.5, 0.6) is 0 Å². The van der Waals surface area contributed by atoms with Crippen molar-refractivity contribution in [3.8, 4) is 0 Å². The van der Waals surface area contributed by atoms with Crippen LogP contribution >= 0.6 is 0 Å². The van der Waals surface area contributed by atoms with Gasteiger partial charge in [-0.1, -0.05) is 0 Å². The van der Waals surface area contributed by atoms with Gasteiger partial charge in [0.2, 0.25) is 0 Å². The summed E-state index contributed by atoms with van der Waals surface area (Å²) in [7, 11) is 0. The van der Waals surface area contributed by atoms with Crippen LogP contribution in [0.4, 0.5) is 0 Å². The van der Waals surface area contributed by atoms with Crippen molar-refractivity contribution in [2.75, 3.05) is 26.3 Å². The summed E-state index contributed by atoms with van der Waals surface area (Å²) in [5.41, 5.74) is 5.53. The van der Waals surface area contributed by atoms with Crippen molar-refractivity contribution in [3.05, 3.63) is 0 Å². The summed E-state index contributed by atoms with van der Waals surface area (Å²) in [5, 5.41) is 0. The van der Waals surface area contributed by atoms with Crippen LogP contribution in [0.3, 0.4) is 0 Å². The van der Waals surface area contributed by atoms with Gasteiger partial charge in [0.15, 0.2) is 0 Å². The minimum Gasteiger partial charge on any atom is -0.378 e. The molecule has 2 saturated heterocycles. The monoisotopic (exact) mass is 184 g/mol. The molecule has 2 heterocycles. The summed E-state index contributed by atoms with van der Waals surface area (Å²) < 4.78 is 5.23. The average molecular weight is 184 g/mol. The highest BCUT2D eigenvalue weighted by atomic mass is 16.5. The van der Waals surface area contributed by atoms with Crippen LogP contribution in [0, 0.1) is 0 Å². The number of hydrogen-bond acceptors (Lipinski definition) is 3. The molecule has 13 heavy (non-hydrogen) atoms. The van der Waals surface area contributed by atoms with Crippen molar-refractivity contribution < 1.29 is 4.74 Å². The van der Waals surface area contributed by atoms with Gasteiger partial charge in [0.25, 0.3) is 0 Å². The number of rotatable bonds is 4. The Hall–Kier alpha value is -0.120. The SMILES string of the molecule is NCCCC1CCCN1C1COC1. The van der Waals surface area contributed by atoms with E-state index in [0.29, 0.717) is 0 Å². The topological polar surface area (TPSA) is 38.5 Å². The molecule has 0 saturated carbocycles. The van der Waals surface area contributed by atoms with Crippen molar-refractivity contribution in [1.29, 1.82) is 0 Å². The van der Waals surface area contributed by atoms with Gasteiger partial charge in [-0.3, -0.25) is 4.90 Å². The first-order chi connectivity index (χ1) is 6.42. The highest BCUT2D eigenvalue weighted by Crippen LogP contribution is 2.26. The van der Waals surface area contributed by atoms with E-state index < -0.39 is 0 Å². The smallest absolute Gasteiger partial charge is 0.0645 e. The molecule has 3 nitrogen and oxygen atoms in total. The van der Waals surface area contributed by atoms with Crippen molar-refractivity contribution in [2.45, 2.75) is 37.8 Å². The van der Waals surface area contributed by atoms with Crippen LogP contribution in [0.2, 0.25) is 0 Å². The predicted molar refractivity (Wildman–Crippen MR) is 52.6 cm³/mol. The minimum absolute atomic E-state index is 0.727. The van der Waals surface area contributed by atoms with Gasteiger partial charge in [-0.15, -0.1) is 0 Å². The Morgan fingerprint density at radius 3 is 2.85 bits per heavy atom. The van der Waals surface area contributed by atoms with Gasteiger partial charge in [-0.25, -0.2) is 0 Å². The lowest BCUT2D eigenvalue weighted by Crippen LogP contribution is -2.50. The number of hydrogen-bond donors (Lipinski definition) is 1. The molecule has 0 aromatic heterocycles. The fraction of sp³-hybridized carbons (Fsp3) is 1.00. The lowest BCUT2D eigenvalue weighted by atomic mass is 10.1. The van der Waals surface area contributed by atoms with E-state index in [0.717, 1.165) is 31.8 Å². The van der Waals surface area contributed by atoms with Gasteiger partial charge in [0.1, 0.15) is 0 Å². The van der Waals surface area contributed by atoms with Gasteiger partial charge in [0, 0.05) is 6.04 Å². The van der Waals surface area contributed by atoms with Crippen molar-refractivity contribution in [2.24, 2.45) is 5.73 Å². The molecule has 0 aromatic carbocycles. The van der Waals surface area contributed by atoms with Crippen LogP contribution in [-0.4, -0.2) is 43.3 Å². The fourth-order valence-corrected chi connectivity index (χ4v) is 2.42. The third-order valence-corrected chi connectivity index (χ3v) is 3.25. The standard InChI is InChI=1S/C10H20N2O/c11-5-1-3-9-4-2-6-12(9)10-7-13-8-10/h9-10H,1-8,11H2. The Kier molecular flexibility index (Phi) is 3.19. The molecule has 2 aliphatic heterocycles. The highest BCUT2D eigenvalue weighted by molar-refractivity contribution is 4.87. The number of ether oxygens (including phenoxy) is 1. The Labute approximate surface area is 80.2 Å². The molecule has 2 aliphatic rings. The maximum atomic E-state index is 5.53. The molecule has 0 spiro atoms. The zero-order valence-electron chi connectivity index (χ0n) is 8.24. The normalized spacial score (nSPS) is 30.7. The number of likely N-dealkylation sites (tertiary alicyclic amines) is 1. The molecule has 3 heteroatoms. The lowest BCUT2D eigenvalue weighted by Gasteiger charge is -2.38. The molecule has 0 aliphatic carbocycles. The van der Waals surface area contributed by atoms with Gasteiger partial charge in [0.05, 0.1) is 19.3 Å². The van der Waals surface area contributed by atoms with E-state index in [1.807, 2.05) is 0 Å². The van der Waals surface area contributed by atoms with Crippen molar-refractivity contribution >= 4 is 0 Å². The molecule has 1 unspecified atom stereocenters. The quantitative estimate of drug-likeness (QED) is 0.695. The van der Waals surface area contributed by atoms with Gasteiger partial charge in [-0.05, 0) is 38.8 Å². The summed E-state index contributed by atoms with van der Waals surface area (Å²) in [6.07, 6.45) is 5.20. The second-order valence-corrected chi connectivity index (χ2v) is 4.16. The molecule has 0 radical (unpaired) electrons. The summed E-state index contributed by atoms with van der Waals surface area (Å²) in [6.45, 7) is 4.03. The van der Waals surface area contributed by atoms with E-state index in [-0.39, 0.29) is 0 Å². The van der Waals surface area contributed by atoms with Gasteiger partial charge >= 0.3 is 0 Å². The van der Waals surface area contributed by atoms with E-state index in [9.17, 15) is 0 Å². The Balaban J connectivity index is 1.79. The highest BCUT2D eigenvalue weighted by Gasteiger charge is 2.33. The molecule has 76 valence electrons. The van der Waals surface area contributed by atoms with E-state index in [2.05, 4.69) is 4.90 Å². The molecule has 2 N–H and O–H groups in total. The summed E-state index contributed by atoms with van der Waals surface area (Å²) >= 11 is 0. The van der Waals surface area contributed by atoms with E-state index in [1.54, 1.807) is 0 Å². The zero-order chi connectivity index (χ0) is 9.10. The molecular formula is C10H20N2O. The number of nitrogens with zero attached hydrogens (tertiary/aromatic N) is 1. The Bertz CT molecular complexity index is 159. The van der Waals surface area contributed by atoms with Gasteiger partial charge < -0.3 is 10.5 Å². The minimum atomic E-state index is 0.727. The lowest BCUT2D eigenvalue weighted by molar-refractivity contribution is -0.0700. The van der Waals surface area contributed by atoms with Crippen LogP contribution in [0.1, 0.15) is 25.7 Å². The third-order valence-electron chi connectivity index (χ3n) is 3.25. The van der Waals surface area contributed by atoms with Crippen LogP contribution in [0.25, 0.3) is 0 Å². The van der Waals surface area contributed by atoms with E-state index in [4.69, 9.17) is 10.5 Å². The first-order valence-electron chi connectivity index (χ1n) is 5.45. The van der Waals surface area contributed by atoms with Crippen LogP contribution < -0.4 is 5.73 Å². The Morgan fingerprint density at radius 2 is 2.23 bits per heavy atom. The Morgan fingerprint density at radius 1 is 1.38 bits per heavy atom. The fourth-order valence-electron chi connectivity index (χ4n) is 2.42. The van der Waals surface area contributed by atoms with E-state index >= 15 is 0 Å². The van der Waals surface area contributed by atoms with Crippen molar-refractivity contribution in [1.82, 2.24) is 4.90 Å². The second kappa shape index (κ2) is 4.40. The average Bonchev–Trinajstić information content (AvgIpc) is 2.46. The molecular weight excluding hydrogens is 164 g/mol. The molecule has 1 atom stereocenters. The second-order valence-electron chi connectivity index (χ2n) is 4.16. The third kappa shape index (κ3) is 2.03. The van der Waals surface area contributed by atoms with Gasteiger partial charge in [-0.2, -0.15) is 0 Å². The first kappa shape index (κ1) is 9.44. The molecule has 0 amide bonds. The van der Waals surface area contributed by atoms with Crippen LogP contribution in [-0.2, 0) is 4.74 Å². The van der Waals surface area contributed by atoms with E-state index in [1.165, 1.54) is 32.2 Å². The largest absolute Gasteiger partial charge is 0.378 e. The maximum absolute atomic E-state index is 5.53. The molecule has 2 rings (SSSR count). The zero-order valence-corrected chi connectivity index (χ0v) is 8.24. The van der Waals surface area contributed by atoms with Crippen molar-refractivity contribution in [3.63, 3.8) is 0 Å². The molecule has 2 fully saturated rings. The maximum Gasteiger partial charge on any atom is 0.0645 e. The van der Waals surface area contributed by atoms with Crippen LogP contribution in [0.15, 0.2) is 0 Å². The predicted octanol–water partition coefficient (Wildman–Crippen LogP) is 0.589. The summed E-state index contributed by atoms with van der Waals surface area (Å²) in [5.74, 6) is 0.